The van der Waals surface area contributed by atoms with Gasteiger partial charge in [-0.15, -0.1) is 0 Å². The van der Waals surface area contributed by atoms with E-state index < -0.39 is 0 Å². The highest BCUT2D eigenvalue weighted by atomic mass is 16.5. The van der Waals surface area contributed by atoms with Gasteiger partial charge in [-0.3, -0.25) is 4.90 Å². The van der Waals surface area contributed by atoms with Gasteiger partial charge in [0.1, 0.15) is 11.9 Å². The van der Waals surface area contributed by atoms with E-state index in [2.05, 4.69) is 56.1 Å². The first-order valence-electron chi connectivity index (χ1n) is 8.78. The Kier molecular flexibility index (Phi) is 4.62. The molecule has 0 amide bonds. The van der Waals surface area contributed by atoms with Crippen molar-refractivity contribution in [2.24, 2.45) is 11.8 Å². The summed E-state index contributed by atoms with van der Waals surface area (Å²) in [7, 11) is 0. The highest BCUT2D eigenvalue weighted by Crippen LogP contribution is 2.31. The third-order valence-electron chi connectivity index (χ3n) is 5.00. The minimum absolute atomic E-state index is 0.258. The van der Waals surface area contributed by atoms with Gasteiger partial charge in [0.25, 0.3) is 0 Å². The smallest absolute Gasteiger partial charge is 0.142 e. The summed E-state index contributed by atoms with van der Waals surface area (Å²) in [5.74, 6) is 2.65. The van der Waals surface area contributed by atoms with Gasteiger partial charge in [-0.25, -0.2) is 0 Å². The van der Waals surface area contributed by atoms with Gasteiger partial charge in [-0.2, -0.15) is 0 Å². The lowest BCUT2D eigenvalue weighted by Crippen LogP contribution is -2.44. The van der Waals surface area contributed by atoms with Crippen molar-refractivity contribution in [1.82, 2.24) is 4.90 Å². The first-order valence-corrected chi connectivity index (χ1v) is 8.78. The summed E-state index contributed by atoms with van der Waals surface area (Å²) >= 11 is 0. The van der Waals surface area contributed by atoms with Crippen LogP contribution in [0.15, 0.2) is 18.2 Å². The number of fused-ring (bicyclic) bond motifs is 1. The van der Waals surface area contributed by atoms with Gasteiger partial charge in [0.15, 0.2) is 0 Å². The molecule has 3 heteroatoms. The lowest BCUT2D eigenvalue weighted by Gasteiger charge is -2.39. The second-order valence-electron chi connectivity index (χ2n) is 7.59. The highest BCUT2D eigenvalue weighted by Gasteiger charge is 2.25. The molecule has 2 aliphatic heterocycles. The van der Waals surface area contributed by atoms with Crippen molar-refractivity contribution in [3.63, 3.8) is 0 Å². The Balaban J connectivity index is 1.65. The molecule has 22 heavy (non-hydrogen) atoms. The summed E-state index contributed by atoms with van der Waals surface area (Å²) in [6.07, 6.45) is 2.75. The monoisotopic (exact) mass is 302 g/mol. The average molecular weight is 302 g/mol. The van der Waals surface area contributed by atoms with Gasteiger partial charge in [-0.1, -0.05) is 19.9 Å². The van der Waals surface area contributed by atoms with E-state index in [1.807, 2.05) is 0 Å². The second-order valence-corrected chi connectivity index (χ2v) is 7.59. The van der Waals surface area contributed by atoms with Crippen LogP contribution < -0.4 is 10.1 Å². The molecule has 1 aromatic rings. The Morgan fingerprint density at radius 1 is 1.23 bits per heavy atom. The summed E-state index contributed by atoms with van der Waals surface area (Å²) in [5, 5.41) is 3.48. The zero-order chi connectivity index (χ0) is 15.7. The van der Waals surface area contributed by atoms with Gasteiger partial charge in [-0.05, 0) is 56.2 Å². The van der Waals surface area contributed by atoms with Gasteiger partial charge < -0.3 is 10.1 Å². The molecule has 0 bridgehead atoms. The van der Waals surface area contributed by atoms with E-state index in [0.29, 0.717) is 6.04 Å². The summed E-state index contributed by atoms with van der Waals surface area (Å²) in [5.41, 5.74) is 2.56. The van der Waals surface area contributed by atoms with E-state index in [9.17, 15) is 0 Å². The van der Waals surface area contributed by atoms with E-state index in [1.54, 1.807) is 0 Å². The molecule has 2 heterocycles. The minimum atomic E-state index is 0.258. The lowest BCUT2D eigenvalue weighted by atomic mass is 9.90. The molecule has 1 N–H and O–H groups in total. The molecule has 1 saturated heterocycles. The fourth-order valence-corrected chi connectivity index (χ4v) is 4.00. The van der Waals surface area contributed by atoms with E-state index in [0.717, 1.165) is 36.2 Å². The highest BCUT2D eigenvalue weighted by molar-refractivity contribution is 5.59. The van der Waals surface area contributed by atoms with E-state index >= 15 is 0 Å². The molecular formula is C19H30N2O. The molecule has 1 aromatic carbocycles. The standard InChI is InChI=1S/C19H30N2O/c1-13-7-14(2)12-21(11-13)15(3)8-17-5-6-19-18(9-17)20-10-16(4)22-19/h5-6,9,13-16,20H,7-8,10-12H2,1-4H3. The van der Waals surface area contributed by atoms with E-state index in [4.69, 9.17) is 4.74 Å². The Bertz CT molecular complexity index is 506. The quantitative estimate of drug-likeness (QED) is 0.919. The number of hydrogen-bond acceptors (Lipinski definition) is 3. The Hall–Kier alpha value is -1.22. The lowest BCUT2D eigenvalue weighted by molar-refractivity contribution is 0.103. The van der Waals surface area contributed by atoms with Crippen LogP contribution in [0.1, 0.15) is 39.7 Å². The fourth-order valence-electron chi connectivity index (χ4n) is 4.00. The van der Waals surface area contributed by atoms with Crippen molar-refractivity contribution in [3.05, 3.63) is 23.8 Å². The van der Waals surface area contributed by atoms with Crippen LogP contribution in [0.2, 0.25) is 0 Å². The third kappa shape index (κ3) is 3.57. The van der Waals surface area contributed by atoms with Crippen LogP contribution >= 0.6 is 0 Å². The topological polar surface area (TPSA) is 24.5 Å². The van der Waals surface area contributed by atoms with Crippen LogP contribution in [-0.4, -0.2) is 36.7 Å². The molecule has 0 aromatic heterocycles. The Labute approximate surface area is 135 Å². The number of benzene rings is 1. The molecular weight excluding hydrogens is 272 g/mol. The molecule has 122 valence electrons. The van der Waals surface area contributed by atoms with Crippen molar-refractivity contribution in [2.45, 2.75) is 52.7 Å². The Morgan fingerprint density at radius 3 is 2.68 bits per heavy atom. The van der Waals surface area contributed by atoms with Crippen LogP contribution in [0.3, 0.4) is 0 Å². The average Bonchev–Trinajstić information content (AvgIpc) is 2.46. The number of nitrogens with one attached hydrogen (secondary N) is 1. The molecule has 3 rings (SSSR count). The number of piperidine rings is 1. The van der Waals surface area contributed by atoms with Crippen LogP contribution in [0.25, 0.3) is 0 Å². The first kappa shape index (κ1) is 15.7. The zero-order valence-electron chi connectivity index (χ0n) is 14.4. The fraction of sp³-hybridized carbons (Fsp3) is 0.684. The van der Waals surface area contributed by atoms with Gasteiger partial charge >= 0.3 is 0 Å². The summed E-state index contributed by atoms with van der Waals surface area (Å²) in [4.78, 5) is 2.67. The predicted molar refractivity (Wildman–Crippen MR) is 92.7 cm³/mol. The summed E-state index contributed by atoms with van der Waals surface area (Å²) in [6.45, 7) is 12.6. The van der Waals surface area contributed by atoms with Crippen LogP contribution in [0.4, 0.5) is 5.69 Å². The SMILES string of the molecule is CC1CC(C)CN(C(C)Cc2ccc3c(c2)NCC(C)O3)C1. The van der Waals surface area contributed by atoms with E-state index in [-0.39, 0.29) is 6.10 Å². The second kappa shape index (κ2) is 6.49. The number of ether oxygens (including phenoxy) is 1. The van der Waals surface area contributed by atoms with Crippen molar-refractivity contribution in [2.75, 3.05) is 25.0 Å². The Morgan fingerprint density at radius 2 is 1.95 bits per heavy atom. The van der Waals surface area contributed by atoms with Crippen molar-refractivity contribution < 1.29 is 4.74 Å². The molecule has 3 nitrogen and oxygen atoms in total. The van der Waals surface area contributed by atoms with Crippen molar-refractivity contribution >= 4 is 5.69 Å². The molecule has 1 fully saturated rings. The molecule has 0 radical (unpaired) electrons. The maximum absolute atomic E-state index is 5.86. The number of nitrogens with zero attached hydrogens (tertiary/aromatic N) is 1. The molecule has 0 saturated carbocycles. The maximum Gasteiger partial charge on any atom is 0.142 e. The van der Waals surface area contributed by atoms with Gasteiger partial charge in [0.05, 0.1) is 12.2 Å². The number of anilines is 1. The molecule has 0 aliphatic carbocycles. The van der Waals surface area contributed by atoms with Crippen molar-refractivity contribution in [1.29, 1.82) is 0 Å². The zero-order valence-corrected chi connectivity index (χ0v) is 14.4. The van der Waals surface area contributed by atoms with Crippen molar-refractivity contribution in [3.8, 4) is 5.75 Å². The first-order chi connectivity index (χ1) is 10.5. The van der Waals surface area contributed by atoms with Gasteiger partial charge in [0, 0.05) is 19.1 Å². The maximum atomic E-state index is 5.86. The normalized spacial score (nSPS) is 30.1. The van der Waals surface area contributed by atoms with Crippen LogP contribution in [-0.2, 0) is 6.42 Å². The van der Waals surface area contributed by atoms with Crippen LogP contribution in [0.5, 0.6) is 5.75 Å². The molecule has 0 spiro atoms. The summed E-state index contributed by atoms with van der Waals surface area (Å²) in [6, 6.07) is 7.23. The third-order valence-corrected chi connectivity index (χ3v) is 5.00. The summed E-state index contributed by atoms with van der Waals surface area (Å²) < 4.78 is 5.86. The molecule has 2 aliphatic rings. The number of hydrogen-bond donors (Lipinski definition) is 1. The molecule has 4 unspecified atom stereocenters. The molecule has 4 atom stereocenters. The predicted octanol–water partition coefficient (Wildman–Crippen LogP) is 3.79. The number of rotatable bonds is 3. The minimum Gasteiger partial charge on any atom is -0.487 e. The number of likely N-dealkylation sites (tertiary alicyclic amines) is 1. The largest absolute Gasteiger partial charge is 0.487 e. The van der Waals surface area contributed by atoms with E-state index in [1.165, 1.54) is 25.1 Å². The van der Waals surface area contributed by atoms with Crippen LogP contribution in [0, 0.1) is 11.8 Å². The van der Waals surface area contributed by atoms with Gasteiger partial charge in [0.2, 0.25) is 0 Å².